The van der Waals surface area contributed by atoms with Gasteiger partial charge in [0.2, 0.25) is 0 Å². The van der Waals surface area contributed by atoms with Gasteiger partial charge in [-0.15, -0.1) is 0 Å². The average Bonchev–Trinajstić information content (AvgIpc) is 3.00. The molecule has 4 nitrogen and oxygen atoms in total. The highest BCUT2D eigenvalue weighted by molar-refractivity contribution is 5.90. The summed E-state index contributed by atoms with van der Waals surface area (Å²) in [5.74, 6) is 12.0. The Hall–Kier alpha value is -4.28. The molecule has 0 saturated heterocycles. The highest BCUT2D eigenvalue weighted by Gasteiger charge is 2.12. The van der Waals surface area contributed by atoms with Crippen molar-refractivity contribution < 1.29 is 19.1 Å². The summed E-state index contributed by atoms with van der Waals surface area (Å²) >= 11 is 0. The van der Waals surface area contributed by atoms with Crippen molar-refractivity contribution in [1.82, 2.24) is 0 Å². The molecule has 3 rings (SSSR count). The molecule has 3 aromatic rings. The van der Waals surface area contributed by atoms with E-state index < -0.39 is 0 Å². The number of unbranched alkanes of at least 4 members (excludes halogenated alkanes) is 4. The third-order valence-corrected chi connectivity index (χ3v) is 6.87. The number of rotatable bonds is 12. The van der Waals surface area contributed by atoms with Gasteiger partial charge in [0.15, 0.2) is 0 Å². The van der Waals surface area contributed by atoms with E-state index in [1.54, 1.807) is 24.3 Å². The van der Waals surface area contributed by atoms with Gasteiger partial charge in [-0.2, -0.15) is 0 Å². The molecule has 0 aliphatic heterocycles. The van der Waals surface area contributed by atoms with E-state index in [9.17, 15) is 9.59 Å². The second-order valence-corrected chi connectivity index (χ2v) is 10.7. The van der Waals surface area contributed by atoms with E-state index in [4.69, 9.17) is 9.47 Å². The monoisotopic (exact) mass is 562 g/mol. The van der Waals surface area contributed by atoms with Crippen molar-refractivity contribution in [3.8, 4) is 23.7 Å². The maximum absolute atomic E-state index is 12.4. The molecule has 0 amide bonds. The first kappa shape index (κ1) is 32.2. The fourth-order valence-electron chi connectivity index (χ4n) is 4.29. The number of carbonyl (C=O) groups excluding carboxylic acids is 2. The fraction of sp³-hybridized carbons (Fsp3) is 0.368. The van der Waals surface area contributed by atoms with E-state index in [2.05, 4.69) is 37.5 Å². The number of benzene rings is 3. The van der Waals surface area contributed by atoms with Gasteiger partial charge >= 0.3 is 11.9 Å². The maximum Gasteiger partial charge on any atom is 0.338 e. The molecule has 0 aromatic heterocycles. The van der Waals surface area contributed by atoms with Crippen molar-refractivity contribution in [2.75, 3.05) is 0 Å². The van der Waals surface area contributed by atoms with Gasteiger partial charge < -0.3 is 9.47 Å². The molecule has 0 N–H and O–H groups in total. The largest absolute Gasteiger partial charge is 0.459 e. The molecular weight excluding hydrogens is 520 g/mol. The molecule has 0 heterocycles. The normalized spacial score (nSPS) is 11.7. The first-order valence-corrected chi connectivity index (χ1v) is 15.1. The molecule has 0 aliphatic rings. The van der Waals surface area contributed by atoms with Gasteiger partial charge in [0.1, 0.15) is 0 Å². The van der Waals surface area contributed by atoms with Crippen molar-refractivity contribution in [1.29, 1.82) is 0 Å². The first-order chi connectivity index (χ1) is 20.4. The summed E-state index contributed by atoms with van der Waals surface area (Å²) in [6.07, 6.45) is 8.35. The number of hydrogen-bond donors (Lipinski definition) is 0. The molecule has 2 unspecified atom stereocenters. The third-order valence-electron chi connectivity index (χ3n) is 6.87. The van der Waals surface area contributed by atoms with Crippen LogP contribution in [0.1, 0.15) is 122 Å². The highest BCUT2D eigenvalue weighted by Crippen LogP contribution is 2.13. The zero-order chi connectivity index (χ0) is 30.2. The van der Waals surface area contributed by atoms with E-state index in [1.807, 2.05) is 62.4 Å². The quantitative estimate of drug-likeness (QED) is 0.126. The van der Waals surface area contributed by atoms with Crippen LogP contribution in [0, 0.1) is 23.7 Å². The van der Waals surface area contributed by atoms with Crippen LogP contribution in [-0.4, -0.2) is 24.1 Å². The van der Waals surface area contributed by atoms with Crippen LogP contribution >= 0.6 is 0 Å². The zero-order valence-corrected chi connectivity index (χ0v) is 25.4. The van der Waals surface area contributed by atoms with Crippen LogP contribution in [0.3, 0.4) is 0 Å². The van der Waals surface area contributed by atoms with Gasteiger partial charge in [-0.3, -0.25) is 0 Å². The maximum atomic E-state index is 12.4. The molecule has 0 bridgehead atoms. The minimum Gasteiger partial charge on any atom is -0.459 e. The summed E-state index contributed by atoms with van der Waals surface area (Å²) in [5, 5.41) is 0. The van der Waals surface area contributed by atoms with E-state index >= 15 is 0 Å². The molecule has 0 spiro atoms. The third kappa shape index (κ3) is 11.3. The summed E-state index contributed by atoms with van der Waals surface area (Å²) in [4.78, 5) is 24.8. The van der Waals surface area contributed by atoms with E-state index in [-0.39, 0.29) is 24.1 Å². The van der Waals surface area contributed by atoms with E-state index in [1.165, 1.54) is 0 Å². The molecule has 4 heteroatoms. The SMILES string of the molecule is CCCCCC(C)OC(=O)c1ccc(C#Cc2ccc(C#Cc3ccc(C(=O)OC(C)CCCCC)cc3)cc2)cc1. The number of hydrogen-bond acceptors (Lipinski definition) is 4. The Kier molecular flexibility index (Phi) is 13.4. The lowest BCUT2D eigenvalue weighted by molar-refractivity contribution is 0.0309. The Bertz CT molecular complexity index is 1280. The molecule has 42 heavy (non-hydrogen) atoms. The van der Waals surface area contributed by atoms with Crippen LogP contribution in [0.15, 0.2) is 72.8 Å². The van der Waals surface area contributed by atoms with Crippen LogP contribution in [0.5, 0.6) is 0 Å². The van der Waals surface area contributed by atoms with Gasteiger partial charge in [-0.25, -0.2) is 9.59 Å². The van der Waals surface area contributed by atoms with Crippen molar-refractivity contribution >= 4 is 11.9 Å². The standard InChI is InChI=1S/C38H42O4/c1-5-7-9-11-29(3)41-37(39)35-25-21-33(22-26-35)19-17-31-13-15-32(16-14-31)18-20-34-23-27-36(28-24-34)38(40)42-30(4)12-10-8-6-2/h13-16,21-30H,5-12H2,1-4H3. The van der Waals surface area contributed by atoms with Gasteiger partial charge in [0.05, 0.1) is 23.3 Å². The van der Waals surface area contributed by atoms with Crippen LogP contribution < -0.4 is 0 Å². The van der Waals surface area contributed by atoms with Crippen LogP contribution in [-0.2, 0) is 9.47 Å². The van der Waals surface area contributed by atoms with Crippen LogP contribution in [0.25, 0.3) is 0 Å². The van der Waals surface area contributed by atoms with E-state index in [0.29, 0.717) is 11.1 Å². The van der Waals surface area contributed by atoms with Crippen molar-refractivity contribution in [3.05, 3.63) is 106 Å². The summed E-state index contributed by atoms with van der Waals surface area (Å²) in [5.41, 5.74) is 4.46. The number of esters is 2. The Morgan fingerprint density at radius 3 is 1.10 bits per heavy atom. The summed E-state index contributed by atoms with van der Waals surface area (Å²) in [6.45, 7) is 8.20. The Morgan fingerprint density at radius 1 is 0.524 bits per heavy atom. The van der Waals surface area contributed by atoms with Crippen molar-refractivity contribution in [3.63, 3.8) is 0 Å². The van der Waals surface area contributed by atoms with Crippen LogP contribution in [0.4, 0.5) is 0 Å². The summed E-state index contributed by atoms with van der Waals surface area (Å²) in [6, 6.07) is 22.1. The van der Waals surface area contributed by atoms with Gasteiger partial charge in [-0.1, -0.05) is 63.2 Å². The number of carbonyl (C=O) groups is 2. The average molecular weight is 563 g/mol. The zero-order valence-electron chi connectivity index (χ0n) is 25.4. The summed E-state index contributed by atoms with van der Waals surface area (Å²) in [7, 11) is 0. The minimum atomic E-state index is -0.295. The molecule has 0 saturated carbocycles. The number of ether oxygens (including phenoxy) is 2. The Balaban J connectivity index is 1.51. The van der Waals surface area contributed by atoms with Gasteiger partial charge in [-0.05, 0) is 112 Å². The lowest BCUT2D eigenvalue weighted by atomic mass is 10.1. The molecule has 2 atom stereocenters. The second kappa shape index (κ2) is 17.5. The highest BCUT2D eigenvalue weighted by atomic mass is 16.5. The van der Waals surface area contributed by atoms with Gasteiger partial charge in [0, 0.05) is 22.3 Å². The van der Waals surface area contributed by atoms with E-state index in [0.717, 1.165) is 73.6 Å². The van der Waals surface area contributed by atoms with Crippen LogP contribution in [0.2, 0.25) is 0 Å². The first-order valence-electron chi connectivity index (χ1n) is 15.1. The van der Waals surface area contributed by atoms with Crippen molar-refractivity contribution in [2.24, 2.45) is 0 Å². The van der Waals surface area contributed by atoms with Crippen molar-refractivity contribution in [2.45, 2.75) is 91.3 Å². The molecular formula is C38H42O4. The second-order valence-electron chi connectivity index (χ2n) is 10.7. The molecule has 0 aliphatic carbocycles. The molecule has 0 fully saturated rings. The molecule has 3 aromatic carbocycles. The Labute approximate surface area is 251 Å². The minimum absolute atomic E-state index is 0.0822. The summed E-state index contributed by atoms with van der Waals surface area (Å²) < 4.78 is 11.1. The topological polar surface area (TPSA) is 52.6 Å². The molecule has 218 valence electrons. The smallest absolute Gasteiger partial charge is 0.338 e. The molecule has 0 radical (unpaired) electrons. The lowest BCUT2D eigenvalue weighted by Gasteiger charge is -2.12. The predicted octanol–water partition coefficient (Wildman–Crippen LogP) is 8.74. The van der Waals surface area contributed by atoms with Gasteiger partial charge in [0.25, 0.3) is 0 Å². The predicted molar refractivity (Wildman–Crippen MR) is 169 cm³/mol. The Morgan fingerprint density at radius 2 is 0.810 bits per heavy atom. The lowest BCUT2D eigenvalue weighted by Crippen LogP contribution is -2.15. The fourth-order valence-corrected chi connectivity index (χ4v) is 4.29.